The van der Waals surface area contributed by atoms with Crippen molar-refractivity contribution in [1.29, 1.82) is 0 Å². The van der Waals surface area contributed by atoms with Crippen molar-refractivity contribution in [2.45, 2.75) is 53.8 Å². The average Bonchev–Trinajstić information content (AvgIpc) is 2.14. The van der Waals surface area contributed by atoms with Gasteiger partial charge in [-0.2, -0.15) is 0 Å². The van der Waals surface area contributed by atoms with Gasteiger partial charge in [-0.3, -0.25) is 0 Å². The van der Waals surface area contributed by atoms with Crippen LogP contribution in [0.4, 0.5) is 0 Å². The quantitative estimate of drug-likeness (QED) is 0.672. The molecule has 0 fully saturated rings. The number of aliphatic hydroxyl groups is 1. The molecule has 0 aliphatic heterocycles. The molecule has 98 valence electrons. The fraction of sp³-hybridized carbons (Fsp3) is 1.00. The highest BCUT2D eigenvalue weighted by atomic mass is 16.5. The van der Waals surface area contributed by atoms with Gasteiger partial charge in [-0.25, -0.2) is 0 Å². The molecule has 0 amide bonds. The third-order valence-electron chi connectivity index (χ3n) is 3.15. The van der Waals surface area contributed by atoms with E-state index in [-0.39, 0.29) is 11.5 Å². The van der Waals surface area contributed by atoms with Crippen LogP contribution in [0.3, 0.4) is 0 Å². The second-order valence-corrected chi connectivity index (χ2v) is 5.81. The maximum atomic E-state index is 9.65. The predicted octanol–water partition coefficient (Wildman–Crippen LogP) is 2.04. The van der Waals surface area contributed by atoms with Crippen molar-refractivity contribution in [3.8, 4) is 0 Å². The third-order valence-corrected chi connectivity index (χ3v) is 3.15. The lowest BCUT2D eigenvalue weighted by Gasteiger charge is -2.30. The van der Waals surface area contributed by atoms with Gasteiger partial charge >= 0.3 is 0 Å². The SMILES string of the molecule is CC(C)OCC(O)CNCC(C)(C)C(C)C. The van der Waals surface area contributed by atoms with Crippen molar-refractivity contribution in [2.24, 2.45) is 11.3 Å². The molecular formula is C13H29NO2. The lowest BCUT2D eigenvalue weighted by atomic mass is 9.81. The molecule has 0 aromatic heterocycles. The van der Waals surface area contributed by atoms with Crippen LogP contribution in [-0.4, -0.2) is 37.0 Å². The molecule has 3 heteroatoms. The molecule has 0 aliphatic carbocycles. The Morgan fingerprint density at radius 2 is 1.75 bits per heavy atom. The molecule has 0 saturated heterocycles. The largest absolute Gasteiger partial charge is 0.389 e. The molecule has 0 saturated carbocycles. The van der Waals surface area contributed by atoms with Crippen molar-refractivity contribution >= 4 is 0 Å². The van der Waals surface area contributed by atoms with Crippen LogP contribution in [0.25, 0.3) is 0 Å². The van der Waals surface area contributed by atoms with Crippen LogP contribution in [0.2, 0.25) is 0 Å². The van der Waals surface area contributed by atoms with Gasteiger partial charge in [-0.15, -0.1) is 0 Å². The van der Waals surface area contributed by atoms with Crippen molar-refractivity contribution in [3.63, 3.8) is 0 Å². The molecule has 0 radical (unpaired) electrons. The van der Waals surface area contributed by atoms with Gasteiger partial charge in [0.25, 0.3) is 0 Å². The van der Waals surface area contributed by atoms with E-state index < -0.39 is 6.10 Å². The fourth-order valence-electron chi connectivity index (χ4n) is 1.13. The molecular weight excluding hydrogens is 202 g/mol. The summed E-state index contributed by atoms with van der Waals surface area (Å²) in [6, 6.07) is 0. The van der Waals surface area contributed by atoms with Crippen LogP contribution < -0.4 is 5.32 Å². The van der Waals surface area contributed by atoms with Crippen LogP contribution in [0.15, 0.2) is 0 Å². The first-order chi connectivity index (χ1) is 7.25. The van der Waals surface area contributed by atoms with Gasteiger partial charge in [0.15, 0.2) is 0 Å². The van der Waals surface area contributed by atoms with Crippen LogP contribution >= 0.6 is 0 Å². The Bertz CT molecular complexity index is 179. The Balaban J connectivity index is 3.65. The highest BCUT2D eigenvalue weighted by molar-refractivity contribution is 4.75. The van der Waals surface area contributed by atoms with Gasteiger partial charge in [0.05, 0.1) is 18.8 Å². The summed E-state index contributed by atoms with van der Waals surface area (Å²) in [5.41, 5.74) is 0.263. The second-order valence-electron chi connectivity index (χ2n) is 5.81. The van der Waals surface area contributed by atoms with E-state index >= 15 is 0 Å². The smallest absolute Gasteiger partial charge is 0.0897 e. The summed E-state index contributed by atoms with van der Waals surface area (Å²) in [5, 5.41) is 12.9. The Morgan fingerprint density at radius 1 is 1.19 bits per heavy atom. The molecule has 0 bridgehead atoms. The van der Waals surface area contributed by atoms with Crippen LogP contribution in [0.1, 0.15) is 41.5 Å². The van der Waals surface area contributed by atoms with E-state index in [9.17, 15) is 5.11 Å². The van der Waals surface area contributed by atoms with E-state index in [1.54, 1.807) is 0 Å². The van der Waals surface area contributed by atoms with Crippen LogP contribution in [0, 0.1) is 11.3 Å². The third kappa shape index (κ3) is 7.20. The topological polar surface area (TPSA) is 41.5 Å². The highest BCUT2D eigenvalue weighted by Gasteiger charge is 2.21. The Morgan fingerprint density at radius 3 is 2.19 bits per heavy atom. The minimum absolute atomic E-state index is 0.182. The Kier molecular flexibility index (Phi) is 7.20. The Hall–Kier alpha value is -0.120. The summed E-state index contributed by atoms with van der Waals surface area (Å²) < 4.78 is 5.34. The highest BCUT2D eigenvalue weighted by Crippen LogP contribution is 2.24. The second kappa shape index (κ2) is 7.25. The molecule has 0 aromatic carbocycles. The first-order valence-corrected chi connectivity index (χ1v) is 6.26. The number of ether oxygens (including phenoxy) is 1. The maximum absolute atomic E-state index is 9.65. The Labute approximate surface area is 101 Å². The van der Waals surface area contributed by atoms with Gasteiger partial charge in [0, 0.05) is 13.1 Å². The van der Waals surface area contributed by atoms with E-state index in [4.69, 9.17) is 4.74 Å². The summed E-state index contributed by atoms with van der Waals surface area (Å²) in [7, 11) is 0. The average molecular weight is 231 g/mol. The van der Waals surface area contributed by atoms with Crippen molar-refractivity contribution < 1.29 is 9.84 Å². The zero-order valence-corrected chi connectivity index (χ0v) is 11.7. The van der Waals surface area contributed by atoms with Crippen molar-refractivity contribution in [3.05, 3.63) is 0 Å². The molecule has 0 spiro atoms. The maximum Gasteiger partial charge on any atom is 0.0897 e. The van der Waals surface area contributed by atoms with Crippen molar-refractivity contribution in [2.75, 3.05) is 19.7 Å². The van der Waals surface area contributed by atoms with Gasteiger partial charge in [-0.1, -0.05) is 27.7 Å². The number of nitrogens with one attached hydrogen (secondary N) is 1. The molecule has 0 rings (SSSR count). The summed E-state index contributed by atoms with van der Waals surface area (Å²) in [5.74, 6) is 0.629. The molecule has 3 nitrogen and oxygen atoms in total. The molecule has 0 aliphatic rings. The minimum Gasteiger partial charge on any atom is -0.389 e. The van der Waals surface area contributed by atoms with Gasteiger partial charge < -0.3 is 15.2 Å². The van der Waals surface area contributed by atoms with Gasteiger partial charge in [0.1, 0.15) is 0 Å². The summed E-state index contributed by atoms with van der Waals surface area (Å²) in [4.78, 5) is 0. The normalized spacial score (nSPS) is 14.8. The first kappa shape index (κ1) is 15.9. The van der Waals surface area contributed by atoms with E-state index in [0.717, 1.165) is 6.54 Å². The molecule has 1 atom stereocenters. The number of aliphatic hydroxyl groups excluding tert-OH is 1. The lowest BCUT2D eigenvalue weighted by molar-refractivity contribution is 0.00533. The monoisotopic (exact) mass is 231 g/mol. The van der Waals surface area contributed by atoms with Gasteiger partial charge in [-0.05, 0) is 25.2 Å². The predicted molar refractivity (Wildman–Crippen MR) is 68.6 cm³/mol. The number of hydrogen-bond acceptors (Lipinski definition) is 3. The molecule has 16 heavy (non-hydrogen) atoms. The standard InChI is InChI=1S/C13H29NO2/c1-10(2)13(5,6)9-14-7-12(15)8-16-11(3)4/h10-12,14-15H,7-9H2,1-6H3. The van der Waals surface area contributed by atoms with Crippen LogP contribution in [-0.2, 0) is 4.74 Å². The summed E-state index contributed by atoms with van der Waals surface area (Å²) in [6.07, 6.45) is -0.230. The zero-order valence-electron chi connectivity index (χ0n) is 11.7. The molecule has 2 N–H and O–H groups in total. The van der Waals surface area contributed by atoms with E-state index in [2.05, 4.69) is 33.0 Å². The van der Waals surface area contributed by atoms with E-state index in [0.29, 0.717) is 19.1 Å². The summed E-state index contributed by atoms with van der Waals surface area (Å²) in [6.45, 7) is 14.8. The summed E-state index contributed by atoms with van der Waals surface area (Å²) >= 11 is 0. The van der Waals surface area contributed by atoms with Crippen molar-refractivity contribution in [1.82, 2.24) is 5.32 Å². The van der Waals surface area contributed by atoms with E-state index in [1.807, 2.05) is 13.8 Å². The minimum atomic E-state index is -0.412. The van der Waals surface area contributed by atoms with Gasteiger partial charge in [0.2, 0.25) is 0 Å². The number of hydrogen-bond donors (Lipinski definition) is 2. The first-order valence-electron chi connectivity index (χ1n) is 6.26. The van der Waals surface area contributed by atoms with E-state index in [1.165, 1.54) is 0 Å². The lowest BCUT2D eigenvalue weighted by Crippen LogP contribution is -2.38. The molecule has 0 aromatic rings. The molecule has 0 heterocycles. The zero-order chi connectivity index (χ0) is 12.8. The number of rotatable bonds is 8. The fourth-order valence-corrected chi connectivity index (χ4v) is 1.13. The molecule has 1 unspecified atom stereocenters. The van der Waals surface area contributed by atoms with Crippen LogP contribution in [0.5, 0.6) is 0 Å².